The smallest absolute Gasteiger partial charge is 0.243 e. The highest BCUT2D eigenvalue weighted by atomic mass is 35.5. The normalized spacial score (nSPS) is 14.9. The predicted molar refractivity (Wildman–Crippen MR) is 136 cm³/mol. The summed E-state index contributed by atoms with van der Waals surface area (Å²) in [5.41, 5.74) is 1.22. The number of ether oxygens (including phenoxy) is 2. The Morgan fingerprint density at radius 1 is 1.00 bits per heavy atom. The van der Waals surface area contributed by atoms with Gasteiger partial charge in [0.05, 0.1) is 17.7 Å². The zero-order valence-electron chi connectivity index (χ0n) is 19.5. The van der Waals surface area contributed by atoms with Gasteiger partial charge in [-0.1, -0.05) is 29.8 Å². The molecule has 0 aromatic heterocycles. The van der Waals surface area contributed by atoms with Crippen LogP contribution in [0.2, 0.25) is 5.02 Å². The second-order valence-electron chi connectivity index (χ2n) is 8.35. The van der Waals surface area contributed by atoms with Gasteiger partial charge in [0, 0.05) is 24.0 Å². The van der Waals surface area contributed by atoms with Crippen LogP contribution in [-0.2, 0) is 14.8 Å². The number of carbonyl (C=O) groups is 1. The van der Waals surface area contributed by atoms with E-state index < -0.39 is 10.0 Å². The summed E-state index contributed by atoms with van der Waals surface area (Å²) >= 11 is 6.16. The molecule has 1 aliphatic heterocycles. The lowest BCUT2D eigenvalue weighted by Gasteiger charge is -2.30. The Bertz CT molecular complexity index is 1310. The maximum Gasteiger partial charge on any atom is 0.243 e. The number of hydrogen-bond donors (Lipinski definition) is 1. The molecule has 4 rings (SSSR count). The highest BCUT2D eigenvalue weighted by molar-refractivity contribution is 7.89. The van der Waals surface area contributed by atoms with Gasteiger partial charge in [0.25, 0.3) is 0 Å². The van der Waals surface area contributed by atoms with E-state index >= 15 is 0 Å². The largest absolute Gasteiger partial charge is 0.496 e. The average molecular weight is 515 g/mol. The maximum atomic E-state index is 13.1. The van der Waals surface area contributed by atoms with E-state index in [1.165, 1.54) is 4.31 Å². The second-order valence-corrected chi connectivity index (χ2v) is 10.7. The number of anilines is 1. The third kappa shape index (κ3) is 5.78. The van der Waals surface area contributed by atoms with Crippen LogP contribution in [0.4, 0.5) is 5.69 Å². The molecule has 1 heterocycles. The van der Waals surface area contributed by atoms with E-state index in [9.17, 15) is 13.2 Å². The molecule has 0 saturated carbocycles. The van der Waals surface area contributed by atoms with Crippen LogP contribution in [0.25, 0.3) is 0 Å². The molecule has 0 unspecified atom stereocenters. The monoisotopic (exact) mass is 514 g/mol. The van der Waals surface area contributed by atoms with E-state index in [1.54, 1.807) is 50.4 Å². The molecule has 9 heteroatoms. The minimum Gasteiger partial charge on any atom is -0.496 e. The van der Waals surface area contributed by atoms with Gasteiger partial charge in [-0.25, -0.2) is 8.42 Å². The molecule has 0 radical (unpaired) electrons. The predicted octanol–water partition coefficient (Wildman–Crippen LogP) is 5.49. The first kappa shape index (κ1) is 25.0. The van der Waals surface area contributed by atoms with Gasteiger partial charge in [0.2, 0.25) is 15.9 Å². The molecule has 0 bridgehead atoms. The summed E-state index contributed by atoms with van der Waals surface area (Å²) < 4.78 is 38.8. The number of benzene rings is 3. The van der Waals surface area contributed by atoms with E-state index in [2.05, 4.69) is 5.32 Å². The third-order valence-corrected chi connectivity index (χ3v) is 8.13. The number of methoxy groups -OCH3 is 1. The fourth-order valence-corrected chi connectivity index (χ4v) is 5.79. The molecule has 1 fully saturated rings. The number of carbonyl (C=O) groups excluding carboxylic acids is 1. The van der Waals surface area contributed by atoms with Crippen molar-refractivity contribution < 1.29 is 22.7 Å². The van der Waals surface area contributed by atoms with Crippen molar-refractivity contribution in [3.05, 3.63) is 77.3 Å². The number of sulfonamides is 1. The number of piperidine rings is 1. The van der Waals surface area contributed by atoms with Gasteiger partial charge in [-0.3, -0.25) is 4.79 Å². The van der Waals surface area contributed by atoms with Crippen molar-refractivity contribution in [1.29, 1.82) is 0 Å². The molecular formula is C26H27ClN2O5S. The second kappa shape index (κ2) is 10.7. The quantitative estimate of drug-likeness (QED) is 0.450. The van der Waals surface area contributed by atoms with E-state index in [1.807, 2.05) is 30.3 Å². The van der Waals surface area contributed by atoms with Crippen LogP contribution in [0, 0.1) is 12.8 Å². The summed E-state index contributed by atoms with van der Waals surface area (Å²) in [6.45, 7) is 2.32. The zero-order valence-corrected chi connectivity index (χ0v) is 21.1. The Morgan fingerprint density at radius 2 is 1.69 bits per heavy atom. The minimum atomic E-state index is -3.66. The number of hydrogen-bond acceptors (Lipinski definition) is 5. The lowest BCUT2D eigenvalue weighted by Crippen LogP contribution is -2.41. The van der Waals surface area contributed by atoms with Crippen molar-refractivity contribution in [2.24, 2.45) is 5.92 Å². The number of aryl methyl sites for hydroxylation is 1. The third-order valence-electron chi connectivity index (χ3n) is 6.00. The van der Waals surface area contributed by atoms with Crippen LogP contribution >= 0.6 is 11.6 Å². The van der Waals surface area contributed by atoms with Crippen LogP contribution < -0.4 is 14.8 Å². The van der Waals surface area contributed by atoms with Crippen molar-refractivity contribution in [2.45, 2.75) is 24.7 Å². The Kier molecular flexibility index (Phi) is 7.64. The topological polar surface area (TPSA) is 84.9 Å². The van der Waals surface area contributed by atoms with Gasteiger partial charge in [-0.05, 0) is 73.9 Å². The molecule has 3 aromatic carbocycles. The first-order valence-corrected chi connectivity index (χ1v) is 13.1. The first-order chi connectivity index (χ1) is 16.8. The molecule has 0 aliphatic carbocycles. The SMILES string of the molecule is COc1ccc(S(=O)(=O)N2CCC(C(=O)Nc3cc(Cl)ccc3Oc3ccccc3)CC2)cc1C. The maximum absolute atomic E-state index is 13.1. The van der Waals surface area contributed by atoms with Gasteiger partial charge in [0.15, 0.2) is 5.75 Å². The molecule has 1 amide bonds. The Balaban J connectivity index is 1.42. The molecule has 0 atom stereocenters. The number of nitrogens with zero attached hydrogens (tertiary/aromatic N) is 1. The lowest BCUT2D eigenvalue weighted by molar-refractivity contribution is -0.120. The molecule has 35 heavy (non-hydrogen) atoms. The number of rotatable bonds is 7. The highest BCUT2D eigenvalue weighted by Crippen LogP contribution is 2.33. The van der Waals surface area contributed by atoms with Gasteiger partial charge < -0.3 is 14.8 Å². The molecular weight excluding hydrogens is 488 g/mol. The van der Waals surface area contributed by atoms with E-state index in [4.69, 9.17) is 21.1 Å². The van der Waals surface area contributed by atoms with Gasteiger partial charge in [-0.2, -0.15) is 4.31 Å². The van der Waals surface area contributed by atoms with Crippen molar-refractivity contribution in [2.75, 3.05) is 25.5 Å². The molecule has 1 saturated heterocycles. The fraction of sp³-hybridized carbons (Fsp3) is 0.269. The van der Waals surface area contributed by atoms with Crippen molar-refractivity contribution in [1.82, 2.24) is 4.31 Å². The van der Waals surface area contributed by atoms with Crippen molar-refractivity contribution in [3.63, 3.8) is 0 Å². The first-order valence-electron chi connectivity index (χ1n) is 11.3. The van der Waals surface area contributed by atoms with Crippen molar-refractivity contribution in [3.8, 4) is 17.2 Å². The molecule has 184 valence electrons. The molecule has 0 spiro atoms. The van der Waals surface area contributed by atoms with E-state index in [0.29, 0.717) is 40.8 Å². The highest BCUT2D eigenvalue weighted by Gasteiger charge is 2.32. The van der Waals surface area contributed by atoms with Gasteiger partial charge >= 0.3 is 0 Å². The summed E-state index contributed by atoms with van der Waals surface area (Å²) in [7, 11) is -2.11. The fourth-order valence-electron chi connectivity index (χ4n) is 4.06. The number of halogens is 1. The summed E-state index contributed by atoms with van der Waals surface area (Å²) in [5, 5.41) is 3.39. The number of amides is 1. The molecule has 1 aliphatic rings. The minimum absolute atomic E-state index is 0.192. The summed E-state index contributed by atoms with van der Waals surface area (Å²) in [5.74, 6) is 1.22. The Morgan fingerprint density at radius 3 is 2.34 bits per heavy atom. The summed E-state index contributed by atoms with van der Waals surface area (Å²) in [6, 6.07) is 19.1. The van der Waals surface area contributed by atoms with Crippen molar-refractivity contribution >= 4 is 33.2 Å². The van der Waals surface area contributed by atoms with E-state index in [-0.39, 0.29) is 29.8 Å². The zero-order chi connectivity index (χ0) is 25.0. The van der Waals surface area contributed by atoms with Gasteiger partial charge in [0.1, 0.15) is 11.5 Å². The molecule has 3 aromatic rings. The van der Waals surface area contributed by atoms with Gasteiger partial charge in [-0.15, -0.1) is 0 Å². The summed E-state index contributed by atoms with van der Waals surface area (Å²) in [4.78, 5) is 13.3. The van der Waals surface area contributed by atoms with Crippen LogP contribution in [0.1, 0.15) is 18.4 Å². The number of para-hydroxylation sites is 1. The number of nitrogens with one attached hydrogen (secondary N) is 1. The molecule has 1 N–H and O–H groups in total. The lowest BCUT2D eigenvalue weighted by atomic mass is 9.97. The molecule has 7 nitrogen and oxygen atoms in total. The van der Waals surface area contributed by atoms with Crippen LogP contribution in [0.3, 0.4) is 0 Å². The average Bonchev–Trinajstić information content (AvgIpc) is 2.86. The Hall–Kier alpha value is -3.07. The Labute approximate surface area is 210 Å². The standard InChI is InChI=1S/C26H27ClN2O5S/c1-18-16-22(9-11-24(18)33-2)35(31,32)29-14-12-19(13-15-29)26(30)28-23-17-20(27)8-10-25(23)34-21-6-4-3-5-7-21/h3-11,16-17,19H,12-15H2,1-2H3,(H,28,30). The summed E-state index contributed by atoms with van der Waals surface area (Å²) in [6.07, 6.45) is 0.825. The van der Waals surface area contributed by atoms with Crippen LogP contribution in [0.15, 0.2) is 71.6 Å². The van der Waals surface area contributed by atoms with Crippen LogP contribution in [0.5, 0.6) is 17.2 Å². The van der Waals surface area contributed by atoms with E-state index in [0.717, 1.165) is 5.56 Å². The van der Waals surface area contributed by atoms with Crippen LogP contribution in [-0.4, -0.2) is 38.8 Å².